The van der Waals surface area contributed by atoms with E-state index in [1.165, 1.54) is 25.7 Å². The van der Waals surface area contributed by atoms with Crippen LogP contribution in [0.1, 0.15) is 25.7 Å². The molecule has 98 valence electrons. The highest BCUT2D eigenvalue weighted by atomic mass is 79.9. The molecule has 1 aromatic rings. The molecule has 0 aliphatic carbocycles. The van der Waals surface area contributed by atoms with Crippen molar-refractivity contribution in [2.24, 2.45) is 0 Å². The van der Waals surface area contributed by atoms with E-state index in [1.807, 2.05) is 18.2 Å². The lowest BCUT2D eigenvalue weighted by Crippen LogP contribution is -2.44. The number of nitrogens with one attached hydrogen (secondary N) is 1. The molecule has 2 atom stereocenters. The first-order valence-electron chi connectivity index (χ1n) is 6.57. The molecule has 3 rings (SSSR count). The fraction of sp³-hybridized carbons (Fsp3) is 0.571. The number of hydrogen-bond donors (Lipinski definition) is 1. The van der Waals surface area contributed by atoms with Gasteiger partial charge in [0.2, 0.25) is 0 Å². The minimum absolute atomic E-state index is 0.577. The monoisotopic (exact) mass is 328 g/mol. The molecule has 0 amide bonds. The highest BCUT2D eigenvalue weighted by Gasteiger charge is 2.38. The van der Waals surface area contributed by atoms with Gasteiger partial charge in [-0.2, -0.15) is 0 Å². The maximum absolute atomic E-state index is 6.06. The van der Waals surface area contributed by atoms with Crippen molar-refractivity contribution < 1.29 is 0 Å². The molecule has 1 N–H and O–H groups in total. The van der Waals surface area contributed by atoms with Gasteiger partial charge in [-0.3, -0.25) is 0 Å². The summed E-state index contributed by atoms with van der Waals surface area (Å²) >= 11 is 9.64. The molecule has 1 aromatic carbocycles. The van der Waals surface area contributed by atoms with E-state index in [1.54, 1.807) is 0 Å². The zero-order valence-electron chi connectivity index (χ0n) is 10.5. The molecule has 2 aliphatic rings. The lowest BCUT2D eigenvalue weighted by molar-refractivity contribution is 0.169. The molecule has 0 saturated carbocycles. The predicted octanol–water partition coefficient (Wildman–Crippen LogP) is 4.14. The van der Waals surface area contributed by atoms with E-state index < -0.39 is 0 Å². The first kappa shape index (κ1) is 12.8. The van der Waals surface area contributed by atoms with Crippen LogP contribution in [0.4, 0.5) is 5.69 Å². The van der Waals surface area contributed by atoms with Crippen LogP contribution >= 0.6 is 27.5 Å². The van der Waals surface area contributed by atoms with Gasteiger partial charge in [0.25, 0.3) is 0 Å². The largest absolute Gasteiger partial charge is 0.381 e. The average molecular weight is 330 g/mol. The van der Waals surface area contributed by atoms with Crippen molar-refractivity contribution in [2.75, 3.05) is 12.4 Å². The highest BCUT2D eigenvalue weighted by Crippen LogP contribution is 2.36. The summed E-state index contributed by atoms with van der Waals surface area (Å²) in [6.45, 7) is 0. The smallest absolute Gasteiger partial charge is 0.0501 e. The standard InChI is InChI=1S/C14H18BrClN2/c1-18-11-3-4-12(18)8-10(7-11)17-14-6-9(16)2-5-13(14)15/h2,5-6,10-12,17H,3-4,7-8H2,1H3. The van der Waals surface area contributed by atoms with Gasteiger partial charge in [-0.25, -0.2) is 0 Å². The molecule has 2 saturated heterocycles. The second-order valence-electron chi connectivity index (χ2n) is 5.49. The second kappa shape index (κ2) is 5.03. The van der Waals surface area contributed by atoms with Crippen LogP contribution in [0.5, 0.6) is 0 Å². The van der Waals surface area contributed by atoms with Crippen LogP contribution < -0.4 is 5.32 Å². The molecule has 0 radical (unpaired) electrons. The Morgan fingerprint density at radius 2 is 1.94 bits per heavy atom. The summed E-state index contributed by atoms with van der Waals surface area (Å²) in [7, 11) is 2.27. The Morgan fingerprint density at radius 3 is 2.61 bits per heavy atom. The van der Waals surface area contributed by atoms with E-state index in [0.29, 0.717) is 6.04 Å². The van der Waals surface area contributed by atoms with Gasteiger partial charge in [-0.15, -0.1) is 0 Å². The van der Waals surface area contributed by atoms with E-state index in [4.69, 9.17) is 11.6 Å². The number of anilines is 1. The zero-order valence-corrected chi connectivity index (χ0v) is 12.8. The van der Waals surface area contributed by atoms with Crippen molar-refractivity contribution in [1.82, 2.24) is 4.90 Å². The summed E-state index contributed by atoms with van der Waals surface area (Å²) in [6, 6.07) is 8.03. The number of rotatable bonds is 2. The molecule has 18 heavy (non-hydrogen) atoms. The van der Waals surface area contributed by atoms with Gasteiger partial charge in [0.1, 0.15) is 0 Å². The topological polar surface area (TPSA) is 15.3 Å². The Balaban J connectivity index is 1.72. The molecule has 2 unspecified atom stereocenters. The molecule has 0 aromatic heterocycles. The molecule has 0 spiro atoms. The van der Waals surface area contributed by atoms with Crippen LogP contribution in [0.3, 0.4) is 0 Å². The third-order valence-electron chi connectivity index (χ3n) is 4.39. The number of fused-ring (bicyclic) bond motifs is 2. The molecule has 2 bridgehead atoms. The number of piperidine rings is 1. The Hall–Kier alpha value is -0.250. The summed E-state index contributed by atoms with van der Waals surface area (Å²) in [5, 5.41) is 4.44. The van der Waals surface area contributed by atoms with Crippen molar-refractivity contribution in [3.05, 3.63) is 27.7 Å². The van der Waals surface area contributed by atoms with E-state index in [0.717, 1.165) is 27.3 Å². The molecule has 4 heteroatoms. The first-order valence-corrected chi connectivity index (χ1v) is 7.74. The second-order valence-corrected chi connectivity index (χ2v) is 6.78. The number of hydrogen-bond acceptors (Lipinski definition) is 2. The van der Waals surface area contributed by atoms with E-state index in [2.05, 4.69) is 33.2 Å². The number of nitrogens with zero attached hydrogens (tertiary/aromatic N) is 1. The average Bonchev–Trinajstić information content (AvgIpc) is 2.58. The van der Waals surface area contributed by atoms with Gasteiger partial charge < -0.3 is 10.2 Å². The fourth-order valence-electron chi connectivity index (χ4n) is 3.36. The molecule has 2 aliphatic heterocycles. The number of halogens is 2. The number of benzene rings is 1. The van der Waals surface area contributed by atoms with E-state index in [9.17, 15) is 0 Å². The van der Waals surface area contributed by atoms with E-state index in [-0.39, 0.29) is 0 Å². The van der Waals surface area contributed by atoms with Crippen LogP contribution in [-0.4, -0.2) is 30.1 Å². The van der Waals surface area contributed by atoms with Gasteiger partial charge in [0.15, 0.2) is 0 Å². The third-order valence-corrected chi connectivity index (χ3v) is 5.31. The molecule has 2 nitrogen and oxygen atoms in total. The third kappa shape index (κ3) is 2.40. The van der Waals surface area contributed by atoms with E-state index >= 15 is 0 Å². The quantitative estimate of drug-likeness (QED) is 0.877. The molecular weight excluding hydrogens is 312 g/mol. The molecule has 2 heterocycles. The van der Waals surface area contributed by atoms with Crippen molar-refractivity contribution in [3.63, 3.8) is 0 Å². The minimum atomic E-state index is 0.577. The van der Waals surface area contributed by atoms with Crippen LogP contribution in [0.15, 0.2) is 22.7 Å². The highest BCUT2D eigenvalue weighted by molar-refractivity contribution is 9.10. The normalized spacial score (nSPS) is 31.6. The maximum Gasteiger partial charge on any atom is 0.0501 e. The summed E-state index contributed by atoms with van der Waals surface area (Å²) in [5.74, 6) is 0. The fourth-order valence-corrected chi connectivity index (χ4v) is 3.89. The lowest BCUT2D eigenvalue weighted by Gasteiger charge is -2.37. The van der Waals surface area contributed by atoms with Crippen LogP contribution in [0.2, 0.25) is 5.02 Å². The van der Waals surface area contributed by atoms with Gasteiger partial charge in [0.05, 0.1) is 5.69 Å². The first-order chi connectivity index (χ1) is 8.63. The summed E-state index contributed by atoms with van der Waals surface area (Å²) in [4.78, 5) is 2.56. The van der Waals surface area contributed by atoms with Crippen molar-refractivity contribution >= 4 is 33.2 Å². The SMILES string of the molecule is CN1C2CCC1CC(Nc1cc(Cl)ccc1Br)C2. The van der Waals surface area contributed by atoms with Crippen LogP contribution in [-0.2, 0) is 0 Å². The molecule has 2 fully saturated rings. The summed E-state index contributed by atoms with van der Waals surface area (Å²) in [6.07, 6.45) is 5.20. The summed E-state index contributed by atoms with van der Waals surface area (Å²) in [5.41, 5.74) is 1.12. The summed E-state index contributed by atoms with van der Waals surface area (Å²) < 4.78 is 1.10. The zero-order chi connectivity index (χ0) is 12.7. The minimum Gasteiger partial charge on any atom is -0.381 e. The van der Waals surface area contributed by atoms with Crippen molar-refractivity contribution in [1.29, 1.82) is 0 Å². The van der Waals surface area contributed by atoms with Gasteiger partial charge in [0, 0.05) is 27.6 Å². The van der Waals surface area contributed by atoms with Gasteiger partial charge >= 0.3 is 0 Å². The van der Waals surface area contributed by atoms with Crippen molar-refractivity contribution in [3.8, 4) is 0 Å². The Bertz CT molecular complexity index is 437. The maximum atomic E-state index is 6.06. The van der Waals surface area contributed by atoms with Crippen LogP contribution in [0.25, 0.3) is 0 Å². The van der Waals surface area contributed by atoms with Crippen molar-refractivity contribution in [2.45, 2.75) is 43.8 Å². The van der Waals surface area contributed by atoms with Crippen LogP contribution in [0, 0.1) is 0 Å². The Kier molecular flexibility index (Phi) is 3.57. The van der Waals surface area contributed by atoms with Gasteiger partial charge in [-0.1, -0.05) is 11.6 Å². The lowest BCUT2D eigenvalue weighted by atomic mass is 9.98. The Morgan fingerprint density at radius 1 is 1.28 bits per heavy atom. The Labute approximate surface area is 122 Å². The molecular formula is C14H18BrClN2. The predicted molar refractivity (Wildman–Crippen MR) is 80.4 cm³/mol. The van der Waals surface area contributed by atoms with Gasteiger partial charge in [-0.05, 0) is 66.9 Å².